The van der Waals surface area contributed by atoms with Crippen molar-refractivity contribution in [3.05, 3.63) is 172 Å². The van der Waals surface area contributed by atoms with Crippen LogP contribution in [0.5, 0.6) is 23.0 Å². The predicted octanol–water partition coefficient (Wildman–Crippen LogP) is 15.9. The second kappa shape index (κ2) is 36.9. The van der Waals surface area contributed by atoms with Crippen molar-refractivity contribution >= 4 is 207 Å². The first-order chi connectivity index (χ1) is 32.4. The van der Waals surface area contributed by atoms with Crippen LogP contribution in [-0.2, 0) is 25.7 Å². The van der Waals surface area contributed by atoms with Crippen molar-refractivity contribution in [2.75, 3.05) is 0 Å². The Bertz CT molecular complexity index is 2680. The Hall–Kier alpha value is 1.10. The minimum absolute atomic E-state index is 0.140. The fraction of sp³-hybridized carbons (Fsp3) is 0.136. The standard InChI is InChI=1S/C22H16BrClN2O3.C15H12BrClO3.C7H5ClN2.I5.I4/c1-14-17(3-2-4-19(14)23)13-29-22-7-21(18(11-27)6-20(22)24)28-12-16-5-15(8-25)9-26-10-16;1-9-10(3-2-4-12(9)16)8-20-15-6-14(19)11(7-18)5-13(15)17;8-2-6-1-7(3-9)5-10-4-6;1-4-5(2)3;1-4(2)3/h2-7,9-11H,12-13H2,1H3;2-7,19H,8H2,1H3;1,4-5H,2H2;;/q;;;-1;. The normalized spacial score (nSPS) is 10.3. The average Bonchev–Trinajstić information content (AvgIpc) is 3.33. The van der Waals surface area contributed by atoms with Crippen molar-refractivity contribution < 1.29 is 42.2 Å². The Morgan fingerprint density at radius 1 is 0.691 bits per heavy atom. The number of alkyl halides is 1. The SMILES string of the molecule is Cc1c(Br)cccc1COc1cc(O)c(C=O)cc1Cl.Cc1c(Br)cccc1COc1cc(OCc2cncc(C#N)c2)c(C=O)cc1Cl.II(I)I.I[I-]I(I)I.N#Cc1cncc(CCl)c1. The molecule has 0 radical (unpaired) electrons. The van der Waals surface area contributed by atoms with E-state index >= 15 is 0 Å². The van der Waals surface area contributed by atoms with Crippen LogP contribution in [0.4, 0.5) is 0 Å². The van der Waals surface area contributed by atoms with Crippen molar-refractivity contribution in [3.63, 3.8) is 0 Å². The Morgan fingerprint density at radius 3 is 1.56 bits per heavy atom. The molecule has 0 saturated carbocycles. The van der Waals surface area contributed by atoms with Gasteiger partial charge in [-0.05, 0) is 78.1 Å². The van der Waals surface area contributed by atoms with Crippen LogP contribution >= 0.6 is 194 Å². The van der Waals surface area contributed by atoms with Crippen LogP contribution in [0.25, 0.3) is 0 Å². The molecule has 0 saturated heterocycles. The number of aldehydes is 2. The summed E-state index contributed by atoms with van der Waals surface area (Å²) in [7, 11) is -0.599. The molecular formula is C44H33Br2Cl3I9N4O6-. The number of aromatic hydroxyl groups is 1. The molecule has 24 heteroatoms. The third-order valence-corrected chi connectivity index (χ3v) is 93.6. The van der Waals surface area contributed by atoms with E-state index in [-0.39, 0.29) is 38.7 Å². The van der Waals surface area contributed by atoms with E-state index in [2.05, 4.69) is 154 Å². The van der Waals surface area contributed by atoms with Gasteiger partial charge in [-0.2, -0.15) is 10.5 Å². The van der Waals surface area contributed by atoms with E-state index in [0.717, 1.165) is 36.8 Å². The van der Waals surface area contributed by atoms with Gasteiger partial charge in [0.2, 0.25) is 0 Å². The first-order valence-corrected chi connectivity index (χ1v) is 65.2. The van der Waals surface area contributed by atoms with Gasteiger partial charge in [0.15, 0.2) is 12.6 Å². The van der Waals surface area contributed by atoms with Crippen LogP contribution in [0.15, 0.2) is 107 Å². The zero-order valence-electron chi connectivity index (χ0n) is 34.8. The summed E-state index contributed by atoms with van der Waals surface area (Å²) in [6.07, 6.45) is 7.45. The number of carbonyl (C=O) groups excluding carboxylic acids is 2. The Balaban J connectivity index is 0.000000348. The summed E-state index contributed by atoms with van der Waals surface area (Å²) in [5, 5.41) is 27.6. The second-order valence-corrected chi connectivity index (χ2v) is 129. The molecule has 4 aromatic carbocycles. The Labute approximate surface area is 506 Å². The molecule has 0 fully saturated rings. The smallest absolute Gasteiger partial charge is 0.101 e. The molecule has 0 bridgehead atoms. The van der Waals surface area contributed by atoms with Crippen LogP contribution in [0.1, 0.15) is 65.2 Å². The number of carbonyl (C=O) groups is 2. The molecule has 1 N–H and O–H groups in total. The van der Waals surface area contributed by atoms with Crippen molar-refractivity contribution in [1.82, 2.24) is 9.97 Å². The van der Waals surface area contributed by atoms with E-state index in [0.29, 0.717) is 89.4 Å². The molecule has 0 amide bonds. The summed E-state index contributed by atoms with van der Waals surface area (Å²) in [6.45, 7) is 4.77. The summed E-state index contributed by atoms with van der Waals surface area (Å²) in [5.74, 6) is 1.35. The van der Waals surface area contributed by atoms with Crippen molar-refractivity contribution in [2.45, 2.75) is 39.5 Å². The van der Waals surface area contributed by atoms with Gasteiger partial charge in [0.25, 0.3) is 0 Å². The molecule has 10 nitrogen and oxygen atoms in total. The summed E-state index contributed by atoms with van der Waals surface area (Å²) in [5.41, 5.74) is 7.21. The molecule has 0 unspecified atom stereocenters. The second-order valence-electron chi connectivity index (χ2n) is 12.7. The number of hydrogen-bond acceptors (Lipinski definition) is 10. The predicted molar refractivity (Wildman–Crippen MR) is 346 cm³/mol. The Kier molecular flexibility index (Phi) is 35.4. The van der Waals surface area contributed by atoms with Gasteiger partial charge in [-0.1, -0.05) is 79.3 Å². The molecule has 0 aliphatic heterocycles. The number of phenolic OH excluding ortho intramolecular Hbond substituents is 1. The van der Waals surface area contributed by atoms with Crippen LogP contribution in [0.3, 0.4) is 0 Å². The maximum atomic E-state index is 11.4. The van der Waals surface area contributed by atoms with Gasteiger partial charge < -0.3 is 19.3 Å². The zero-order valence-corrected chi connectivity index (χ0v) is 59.6. The van der Waals surface area contributed by atoms with E-state index in [1.54, 1.807) is 30.6 Å². The number of ether oxygens (including phenoxy) is 3. The maximum absolute atomic E-state index is 11.4. The van der Waals surface area contributed by atoms with E-state index in [4.69, 9.17) is 59.5 Å². The third-order valence-electron chi connectivity index (χ3n) is 8.36. The van der Waals surface area contributed by atoms with Gasteiger partial charge in [0.1, 0.15) is 55.0 Å². The number of pyridine rings is 2. The average molecular weight is 2120 g/mol. The topological polar surface area (TPSA) is 155 Å². The fourth-order valence-corrected chi connectivity index (χ4v) is 6.39. The van der Waals surface area contributed by atoms with Gasteiger partial charge in [-0.25, -0.2) is 0 Å². The zero-order chi connectivity index (χ0) is 50.8. The first-order valence-electron chi connectivity index (χ1n) is 18.3. The molecule has 0 spiro atoms. The third kappa shape index (κ3) is 25.1. The van der Waals surface area contributed by atoms with Crippen molar-refractivity contribution in [2.24, 2.45) is 0 Å². The molecule has 0 aliphatic rings. The molecule has 0 atom stereocenters. The molecule has 6 aromatic rings. The van der Waals surface area contributed by atoms with Gasteiger partial charge in [-0.3, -0.25) is 19.6 Å². The van der Waals surface area contributed by atoms with E-state index in [1.807, 2.05) is 62.4 Å². The molecular weight excluding hydrogens is 2090 g/mol. The summed E-state index contributed by atoms with van der Waals surface area (Å²) in [6, 6.07) is 24.9. The summed E-state index contributed by atoms with van der Waals surface area (Å²) < 4.78 is 19.3. The van der Waals surface area contributed by atoms with Gasteiger partial charge in [0, 0.05) is 57.3 Å². The number of nitriles is 2. The number of hydrogen-bond donors (Lipinski definition) is 1. The van der Waals surface area contributed by atoms with Crippen LogP contribution in [0, 0.1) is 36.5 Å². The molecule has 2 heterocycles. The Morgan fingerprint density at radius 2 is 1.12 bits per heavy atom. The molecule has 2 aromatic heterocycles. The van der Waals surface area contributed by atoms with Crippen LogP contribution in [-0.4, -0.2) is 27.6 Å². The molecule has 0 aliphatic carbocycles. The largest absolute Gasteiger partial charge is 0.263 e. The minimum atomic E-state index is -0.353. The number of halogens is 14. The van der Waals surface area contributed by atoms with Gasteiger partial charge in [0.05, 0.1) is 32.3 Å². The van der Waals surface area contributed by atoms with Gasteiger partial charge >= 0.3 is 141 Å². The summed E-state index contributed by atoms with van der Waals surface area (Å²) in [4.78, 5) is 29.9. The minimum Gasteiger partial charge on any atom is -0.263 e. The number of rotatable bonds is 13. The van der Waals surface area contributed by atoms with E-state index in [9.17, 15) is 14.7 Å². The quantitative estimate of drug-likeness (QED) is 0.0671. The molecule has 364 valence electrons. The maximum Gasteiger partial charge on any atom is 0.101 e. The van der Waals surface area contributed by atoms with E-state index < -0.39 is 0 Å². The first kappa shape index (κ1) is 65.2. The van der Waals surface area contributed by atoms with E-state index in [1.165, 1.54) is 30.6 Å². The number of benzene rings is 4. The summed E-state index contributed by atoms with van der Waals surface area (Å²) >= 11 is 40.6. The van der Waals surface area contributed by atoms with Crippen LogP contribution < -0.4 is 27.5 Å². The number of aromatic nitrogens is 2. The molecule has 6 rings (SSSR count). The monoisotopic (exact) mass is 2120 g/mol. The molecule has 68 heavy (non-hydrogen) atoms. The van der Waals surface area contributed by atoms with Crippen molar-refractivity contribution in [3.8, 4) is 35.1 Å². The number of phenols is 1. The fourth-order valence-electron chi connectivity index (χ4n) is 4.98. The van der Waals surface area contributed by atoms with Crippen LogP contribution in [0.2, 0.25) is 10.0 Å². The van der Waals surface area contributed by atoms with Gasteiger partial charge in [-0.15, -0.1) is 11.6 Å². The number of nitrogens with zero attached hydrogens (tertiary/aromatic N) is 4. The van der Waals surface area contributed by atoms with Crippen molar-refractivity contribution in [1.29, 1.82) is 10.5 Å².